The summed E-state index contributed by atoms with van der Waals surface area (Å²) in [7, 11) is -3.60. The summed E-state index contributed by atoms with van der Waals surface area (Å²) in [6, 6.07) is 11.7. The molecule has 2 N–H and O–H groups in total. The predicted octanol–water partition coefficient (Wildman–Crippen LogP) is 5.88. The van der Waals surface area contributed by atoms with E-state index in [1.807, 2.05) is 41.5 Å². The molecule has 164 valence electrons. The molecule has 0 spiro atoms. The summed E-state index contributed by atoms with van der Waals surface area (Å²) in [6.45, 7) is 12.0. The summed E-state index contributed by atoms with van der Waals surface area (Å²) >= 11 is 1.23. The Bertz CT molecular complexity index is 771. The van der Waals surface area contributed by atoms with Crippen LogP contribution in [0, 0.1) is 11.8 Å². The largest absolute Gasteiger partial charge is 0.265 e. The Morgan fingerprint density at radius 2 is 1.34 bits per heavy atom. The van der Waals surface area contributed by atoms with E-state index >= 15 is 0 Å². The maximum absolute atomic E-state index is 12.8. The second-order valence-electron chi connectivity index (χ2n) is 6.53. The van der Waals surface area contributed by atoms with Crippen LogP contribution in [0.15, 0.2) is 46.0 Å². The number of fused-ring (bicyclic) bond motifs is 3. The van der Waals surface area contributed by atoms with Crippen molar-refractivity contribution in [1.82, 2.24) is 4.41 Å². The molecule has 1 heterocycles. The van der Waals surface area contributed by atoms with Crippen molar-refractivity contribution in [3.63, 3.8) is 0 Å². The molecule has 2 bridgehead atoms. The highest BCUT2D eigenvalue weighted by Gasteiger charge is 2.45. The van der Waals surface area contributed by atoms with Crippen LogP contribution >= 0.6 is 11.3 Å². The van der Waals surface area contributed by atoms with E-state index in [0.29, 0.717) is 16.0 Å². The predicted molar refractivity (Wildman–Crippen MR) is 125 cm³/mol. The Hall–Kier alpha value is -1.21. The maximum atomic E-state index is 12.8. The van der Waals surface area contributed by atoms with Gasteiger partial charge in [-0.25, -0.2) is 8.42 Å². The monoisotopic (exact) mass is 438 g/mol. The summed E-state index contributed by atoms with van der Waals surface area (Å²) in [5.41, 5.74) is 2.71. The minimum Gasteiger partial charge on any atom is -0.254 e. The highest BCUT2D eigenvalue weighted by atomic mass is 32.2. The number of rotatable bonds is 3. The van der Waals surface area contributed by atoms with E-state index < -0.39 is 10.0 Å². The van der Waals surface area contributed by atoms with E-state index in [-0.39, 0.29) is 6.04 Å². The van der Waals surface area contributed by atoms with Gasteiger partial charge in [0.1, 0.15) is 4.21 Å². The molecular weight excluding hydrogens is 400 g/mol. The van der Waals surface area contributed by atoms with Gasteiger partial charge < -0.3 is 0 Å². The van der Waals surface area contributed by atoms with Gasteiger partial charge in [0.2, 0.25) is 0 Å². The first-order valence-corrected chi connectivity index (χ1v) is 13.3. The van der Waals surface area contributed by atoms with Crippen LogP contribution < -0.4 is 5.84 Å². The number of hydrogen-bond acceptors (Lipinski definition) is 4. The molecular formula is C23H38N2O2S2. The maximum Gasteiger partial charge on any atom is 0.265 e. The number of nitrogens with zero attached hydrogens (tertiary/aromatic N) is 1. The summed E-state index contributed by atoms with van der Waals surface area (Å²) in [6.07, 6.45) is 3.95. The van der Waals surface area contributed by atoms with E-state index in [1.54, 1.807) is 17.5 Å². The lowest BCUT2D eigenvalue weighted by Crippen LogP contribution is -2.50. The van der Waals surface area contributed by atoms with Crippen molar-refractivity contribution in [3.05, 3.63) is 52.9 Å². The Kier molecular flexibility index (Phi) is 11.1. The number of nitrogens with two attached hydrogens (primary N) is 1. The zero-order valence-electron chi connectivity index (χ0n) is 18.8. The Morgan fingerprint density at radius 3 is 1.76 bits per heavy atom. The number of hydrogen-bond donors (Lipinski definition) is 1. The standard InChI is InChI=1S/C17H20N2O2S2.3C2H6/c18-19(23(20,21)16-6-3-9-22-16)17-14-7-8-15(17)11-13-5-2-1-4-12(13)10-14;3*1-2/h1-6,9,14-15,17H,7-8,10-11,18H2;3*1-2H3/t14-,15+,17?;;;. The van der Waals surface area contributed by atoms with Crippen molar-refractivity contribution in [1.29, 1.82) is 0 Å². The van der Waals surface area contributed by atoms with Gasteiger partial charge in [0.15, 0.2) is 0 Å². The van der Waals surface area contributed by atoms with Gasteiger partial charge in [-0.15, -0.1) is 15.8 Å². The molecule has 2 aliphatic carbocycles. The Balaban J connectivity index is 0.000000644. The third-order valence-electron chi connectivity index (χ3n) is 5.28. The molecule has 3 atom stereocenters. The number of hydrazine groups is 1. The van der Waals surface area contributed by atoms with Gasteiger partial charge in [-0.3, -0.25) is 5.84 Å². The van der Waals surface area contributed by atoms with Crippen LogP contribution in [0.25, 0.3) is 0 Å². The van der Waals surface area contributed by atoms with Gasteiger partial charge in [-0.05, 0) is 60.1 Å². The first-order valence-electron chi connectivity index (χ1n) is 11.0. The van der Waals surface area contributed by atoms with Crippen LogP contribution in [0.5, 0.6) is 0 Å². The molecule has 1 fully saturated rings. The molecule has 2 aromatic rings. The molecule has 1 aromatic heterocycles. The molecule has 0 radical (unpaired) electrons. The molecule has 1 unspecified atom stereocenters. The fraction of sp³-hybridized carbons (Fsp3) is 0.565. The van der Waals surface area contributed by atoms with Gasteiger partial charge in [0.05, 0.1) is 0 Å². The zero-order chi connectivity index (χ0) is 22.0. The zero-order valence-corrected chi connectivity index (χ0v) is 20.4. The quantitative estimate of drug-likeness (QED) is 0.480. The average Bonchev–Trinajstić information content (AvgIpc) is 3.40. The van der Waals surface area contributed by atoms with Crippen LogP contribution in [-0.2, 0) is 22.9 Å². The number of thiophene rings is 1. The summed E-state index contributed by atoms with van der Waals surface area (Å²) in [5.74, 6) is 6.81. The van der Waals surface area contributed by atoms with Gasteiger partial charge >= 0.3 is 0 Å². The van der Waals surface area contributed by atoms with E-state index in [4.69, 9.17) is 5.84 Å². The van der Waals surface area contributed by atoms with Crippen molar-refractivity contribution in [2.24, 2.45) is 17.7 Å². The molecule has 0 amide bonds. The third kappa shape index (κ3) is 5.69. The first-order chi connectivity index (χ1) is 14.1. The van der Waals surface area contributed by atoms with E-state index in [1.165, 1.54) is 26.9 Å². The molecule has 0 saturated heterocycles. The van der Waals surface area contributed by atoms with E-state index in [9.17, 15) is 8.42 Å². The second kappa shape index (κ2) is 12.5. The lowest BCUT2D eigenvalue weighted by molar-refractivity contribution is 0.224. The normalized spacial score (nSPS) is 22.0. The van der Waals surface area contributed by atoms with Crippen molar-refractivity contribution in [2.75, 3.05) is 0 Å². The van der Waals surface area contributed by atoms with Gasteiger partial charge in [0.25, 0.3) is 10.0 Å². The van der Waals surface area contributed by atoms with Crippen LogP contribution in [0.3, 0.4) is 0 Å². The molecule has 1 saturated carbocycles. The summed E-state index contributed by atoms with van der Waals surface area (Å²) in [4.78, 5) is 0. The second-order valence-corrected chi connectivity index (χ2v) is 9.55. The minimum atomic E-state index is -3.60. The molecule has 4 nitrogen and oxygen atoms in total. The number of sulfonamides is 1. The van der Waals surface area contributed by atoms with Gasteiger partial charge in [-0.1, -0.05) is 71.9 Å². The molecule has 1 aromatic carbocycles. The first kappa shape index (κ1) is 25.8. The van der Waals surface area contributed by atoms with Crippen molar-refractivity contribution < 1.29 is 8.42 Å². The fourth-order valence-electron chi connectivity index (χ4n) is 4.21. The molecule has 2 aliphatic rings. The minimum absolute atomic E-state index is 0.102. The van der Waals surface area contributed by atoms with E-state index in [2.05, 4.69) is 24.3 Å². The van der Waals surface area contributed by atoms with Gasteiger partial charge in [-0.2, -0.15) is 0 Å². The van der Waals surface area contributed by atoms with E-state index in [0.717, 1.165) is 25.7 Å². The van der Waals surface area contributed by atoms with Crippen LogP contribution in [-0.4, -0.2) is 18.9 Å². The SMILES string of the molecule is CC.CC.CC.NN(C1[C@@H]2CC[C@H]1Cc1ccccc1C2)S(=O)(=O)c1cccs1. The third-order valence-corrected chi connectivity index (χ3v) is 8.30. The van der Waals surface area contributed by atoms with Gasteiger partial charge in [0, 0.05) is 6.04 Å². The lowest BCUT2D eigenvalue weighted by Gasteiger charge is -2.30. The summed E-state index contributed by atoms with van der Waals surface area (Å²) in [5, 5.41) is 1.78. The number of benzene rings is 1. The molecule has 4 rings (SSSR count). The molecule has 6 heteroatoms. The highest BCUT2D eigenvalue weighted by molar-refractivity contribution is 7.91. The van der Waals surface area contributed by atoms with Crippen LogP contribution in [0.4, 0.5) is 0 Å². The topological polar surface area (TPSA) is 63.4 Å². The van der Waals surface area contributed by atoms with Crippen LogP contribution in [0.2, 0.25) is 0 Å². The van der Waals surface area contributed by atoms with Crippen molar-refractivity contribution in [2.45, 2.75) is 77.5 Å². The summed E-state index contributed by atoms with van der Waals surface area (Å²) < 4.78 is 27.1. The highest BCUT2D eigenvalue weighted by Crippen LogP contribution is 2.43. The molecule has 0 aliphatic heterocycles. The molecule has 29 heavy (non-hydrogen) atoms. The Morgan fingerprint density at radius 1 is 0.862 bits per heavy atom. The van der Waals surface area contributed by atoms with Crippen LogP contribution in [0.1, 0.15) is 65.5 Å². The van der Waals surface area contributed by atoms with Crippen molar-refractivity contribution in [3.8, 4) is 0 Å². The average molecular weight is 439 g/mol. The lowest BCUT2D eigenvalue weighted by atomic mass is 9.94. The van der Waals surface area contributed by atoms with Crippen molar-refractivity contribution >= 4 is 21.4 Å². The smallest absolute Gasteiger partial charge is 0.254 e. The fourth-order valence-corrected chi connectivity index (χ4v) is 6.69. The Labute approximate surface area is 182 Å².